The highest BCUT2D eigenvalue weighted by Crippen LogP contribution is 2.34. The van der Waals surface area contributed by atoms with Gasteiger partial charge in [0.2, 0.25) is 0 Å². The van der Waals surface area contributed by atoms with Crippen molar-refractivity contribution in [3.8, 4) is 0 Å². The molecule has 0 aliphatic carbocycles. The lowest BCUT2D eigenvalue weighted by molar-refractivity contribution is 0.415. The second-order valence-electron chi connectivity index (χ2n) is 2.49. The quantitative estimate of drug-likeness (QED) is 0.658. The number of hydrogen-bond acceptors (Lipinski definition) is 1. The SMILES string of the molecule is Fc1ccc(C2CO2)c(Br)c1. The molecular weight excluding hydrogens is 211 g/mol. The first kappa shape index (κ1) is 7.25. The first-order chi connectivity index (χ1) is 5.27. The number of rotatable bonds is 1. The summed E-state index contributed by atoms with van der Waals surface area (Å²) in [4.78, 5) is 0. The summed E-state index contributed by atoms with van der Waals surface area (Å²) >= 11 is 3.27. The first-order valence-electron chi connectivity index (χ1n) is 3.34. The van der Waals surface area contributed by atoms with Crippen LogP contribution in [0.3, 0.4) is 0 Å². The van der Waals surface area contributed by atoms with Crippen molar-refractivity contribution in [3.05, 3.63) is 34.1 Å². The normalized spacial score (nSPS) is 21.8. The first-order valence-corrected chi connectivity index (χ1v) is 4.13. The van der Waals surface area contributed by atoms with Gasteiger partial charge in [-0.25, -0.2) is 4.39 Å². The maximum Gasteiger partial charge on any atom is 0.124 e. The lowest BCUT2D eigenvalue weighted by Crippen LogP contribution is -1.83. The third kappa shape index (κ3) is 1.44. The molecule has 11 heavy (non-hydrogen) atoms. The van der Waals surface area contributed by atoms with Gasteiger partial charge < -0.3 is 4.74 Å². The number of benzene rings is 1. The van der Waals surface area contributed by atoms with E-state index in [0.29, 0.717) is 0 Å². The highest BCUT2D eigenvalue weighted by Gasteiger charge is 2.26. The van der Waals surface area contributed by atoms with E-state index in [1.807, 2.05) is 0 Å². The Morgan fingerprint density at radius 1 is 1.55 bits per heavy atom. The van der Waals surface area contributed by atoms with Crippen LogP contribution in [0.15, 0.2) is 22.7 Å². The van der Waals surface area contributed by atoms with Gasteiger partial charge in [0.05, 0.1) is 6.61 Å². The highest BCUT2D eigenvalue weighted by molar-refractivity contribution is 9.10. The van der Waals surface area contributed by atoms with E-state index in [1.165, 1.54) is 12.1 Å². The number of hydrogen-bond donors (Lipinski definition) is 0. The summed E-state index contributed by atoms with van der Waals surface area (Å²) in [5.41, 5.74) is 1.03. The van der Waals surface area contributed by atoms with Gasteiger partial charge in [0, 0.05) is 4.47 Å². The van der Waals surface area contributed by atoms with Crippen molar-refractivity contribution in [1.82, 2.24) is 0 Å². The zero-order valence-electron chi connectivity index (χ0n) is 5.68. The van der Waals surface area contributed by atoms with Gasteiger partial charge in [0.1, 0.15) is 11.9 Å². The average molecular weight is 217 g/mol. The predicted octanol–water partition coefficient (Wildman–Crippen LogP) is 2.66. The molecule has 1 aromatic rings. The highest BCUT2D eigenvalue weighted by atomic mass is 79.9. The van der Waals surface area contributed by atoms with Crippen LogP contribution in [0, 0.1) is 5.82 Å². The van der Waals surface area contributed by atoms with Gasteiger partial charge in [0.15, 0.2) is 0 Å². The molecule has 1 fully saturated rings. The van der Waals surface area contributed by atoms with Crippen molar-refractivity contribution < 1.29 is 9.13 Å². The van der Waals surface area contributed by atoms with Crippen LogP contribution in [0.1, 0.15) is 11.7 Å². The molecule has 58 valence electrons. The van der Waals surface area contributed by atoms with E-state index in [0.717, 1.165) is 16.6 Å². The van der Waals surface area contributed by atoms with Crippen LogP contribution in [0.25, 0.3) is 0 Å². The van der Waals surface area contributed by atoms with Crippen molar-refractivity contribution in [2.45, 2.75) is 6.10 Å². The van der Waals surface area contributed by atoms with Gasteiger partial charge >= 0.3 is 0 Å². The molecule has 1 saturated heterocycles. The van der Waals surface area contributed by atoms with Crippen LogP contribution in [0.5, 0.6) is 0 Å². The van der Waals surface area contributed by atoms with Crippen LogP contribution >= 0.6 is 15.9 Å². The Labute approximate surface area is 72.3 Å². The molecule has 0 aromatic heterocycles. The third-order valence-corrected chi connectivity index (χ3v) is 2.33. The maximum absolute atomic E-state index is 12.6. The second-order valence-corrected chi connectivity index (χ2v) is 3.34. The fourth-order valence-electron chi connectivity index (χ4n) is 0.990. The van der Waals surface area contributed by atoms with Gasteiger partial charge in [-0.15, -0.1) is 0 Å². The lowest BCUT2D eigenvalue weighted by atomic mass is 10.2. The van der Waals surface area contributed by atoms with E-state index in [2.05, 4.69) is 15.9 Å². The summed E-state index contributed by atoms with van der Waals surface area (Å²) in [6.45, 7) is 0.754. The average Bonchev–Trinajstić information content (AvgIpc) is 2.70. The van der Waals surface area contributed by atoms with Crippen LogP contribution in [-0.2, 0) is 4.74 Å². The van der Waals surface area contributed by atoms with Crippen LogP contribution < -0.4 is 0 Å². The molecule has 1 nitrogen and oxygen atoms in total. The van der Waals surface area contributed by atoms with Crippen LogP contribution in [0.4, 0.5) is 4.39 Å². The largest absolute Gasteiger partial charge is 0.368 e. The molecule has 0 saturated carbocycles. The molecule has 1 aliphatic heterocycles. The molecule has 0 spiro atoms. The molecule has 0 N–H and O–H groups in total. The molecule has 0 radical (unpaired) electrons. The van der Waals surface area contributed by atoms with E-state index < -0.39 is 0 Å². The van der Waals surface area contributed by atoms with Gasteiger partial charge in [-0.3, -0.25) is 0 Å². The Kier molecular flexibility index (Phi) is 1.69. The molecule has 2 rings (SSSR count). The molecule has 0 bridgehead atoms. The molecular formula is C8H6BrFO. The Bertz CT molecular complexity index is 283. The van der Waals surface area contributed by atoms with E-state index >= 15 is 0 Å². The second kappa shape index (κ2) is 2.57. The van der Waals surface area contributed by atoms with E-state index in [9.17, 15) is 4.39 Å². The summed E-state index contributed by atoms with van der Waals surface area (Å²) in [6.07, 6.45) is 0.185. The molecule has 1 atom stereocenters. The fraction of sp³-hybridized carbons (Fsp3) is 0.250. The summed E-state index contributed by atoms with van der Waals surface area (Å²) in [6, 6.07) is 4.65. The van der Waals surface area contributed by atoms with Crippen molar-refractivity contribution in [1.29, 1.82) is 0 Å². The number of halogens is 2. The van der Waals surface area contributed by atoms with E-state index in [-0.39, 0.29) is 11.9 Å². The van der Waals surface area contributed by atoms with Crippen molar-refractivity contribution in [2.75, 3.05) is 6.61 Å². The predicted molar refractivity (Wildman–Crippen MR) is 42.8 cm³/mol. The van der Waals surface area contributed by atoms with E-state index in [1.54, 1.807) is 6.07 Å². The van der Waals surface area contributed by atoms with Crippen LogP contribution in [0.2, 0.25) is 0 Å². The zero-order valence-corrected chi connectivity index (χ0v) is 7.27. The van der Waals surface area contributed by atoms with Gasteiger partial charge in [-0.1, -0.05) is 22.0 Å². The minimum absolute atomic E-state index is 0.185. The third-order valence-electron chi connectivity index (χ3n) is 1.64. The Hall–Kier alpha value is -0.410. The summed E-state index contributed by atoms with van der Waals surface area (Å²) in [7, 11) is 0. The minimum Gasteiger partial charge on any atom is -0.368 e. The molecule has 1 unspecified atom stereocenters. The summed E-state index contributed by atoms with van der Waals surface area (Å²) in [5, 5.41) is 0. The summed E-state index contributed by atoms with van der Waals surface area (Å²) in [5.74, 6) is -0.221. The van der Waals surface area contributed by atoms with Gasteiger partial charge in [0.25, 0.3) is 0 Å². The zero-order chi connectivity index (χ0) is 7.84. The van der Waals surface area contributed by atoms with Crippen LogP contribution in [-0.4, -0.2) is 6.61 Å². The summed E-state index contributed by atoms with van der Waals surface area (Å²) < 4.78 is 18.4. The molecule has 1 aromatic carbocycles. The Balaban J connectivity index is 2.39. The number of epoxide rings is 1. The lowest BCUT2D eigenvalue weighted by Gasteiger charge is -1.98. The Morgan fingerprint density at radius 3 is 2.82 bits per heavy atom. The Morgan fingerprint density at radius 2 is 2.27 bits per heavy atom. The molecule has 1 aliphatic rings. The smallest absolute Gasteiger partial charge is 0.124 e. The van der Waals surface area contributed by atoms with Gasteiger partial charge in [-0.05, 0) is 17.7 Å². The minimum atomic E-state index is -0.221. The van der Waals surface area contributed by atoms with Crippen molar-refractivity contribution in [2.24, 2.45) is 0 Å². The maximum atomic E-state index is 12.6. The monoisotopic (exact) mass is 216 g/mol. The molecule has 0 amide bonds. The topological polar surface area (TPSA) is 12.5 Å². The van der Waals surface area contributed by atoms with Crippen molar-refractivity contribution in [3.63, 3.8) is 0 Å². The van der Waals surface area contributed by atoms with E-state index in [4.69, 9.17) is 4.74 Å². The standard InChI is InChI=1S/C8H6BrFO/c9-7-3-5(10)1-2-6(7)8-4-11-8/h1-3,8H,4H2. The van der Waals surface area contributed by atoms with Crippen molar-refractivity contribution >= 4 is 15.9 Å². The van der Waals surface area contributed by atoms with Gasteiger partial charge in [-0.2, -0.15) is 0 Å². The number of ether oxygens (including phenoxy) is 1. The fourth-order valence-corrected chi connectivity index (χ4v) is 1.60. The molecule has 3 heteroatoms. The molecule has 1 heterocycles.